The number of ether oxygens (including phenoxy) is 4. The molecular weight excluding hydrogens is 368 g/mol. The van der Waals surface area contributed by atoms with Gasteiger partial charge in [0.25, 0.3) is 0 Å². The predicted octanol–water partition coefficient (Wildman–Crippen LogP) is 2.61. The molecule has 0 aliphatic rings. The van der Waals surface area contributed by atoms with Gasteiger partial charge in [-0.1, -0.05) is 13.2 Å². The van der Waals surface area contributed by atoms with Gasteiger partial charge in [0.05, 0.1) is 24.4 Å². The van der Waals surface area contributed by atoms with Crippen molar-refractivity contribution in [3.8, 4) is 5.75 Å². The van der Waals surface area contributed by atoms with Crippen molar-refractivity contribution in [3.63, 3.8) is 0 Å². The van der Waals surface area contributed by atoms with Crippen molar-refractivity contribution in [3.05, 3.63) is 59.9 Å². The third-order valence-electron chi connectivity index (χ3n) is 3.52. The number of rotatable bonds is 13. The van der Waals surface area contributed by atoms with E-state index in [0.29, 0.717) is 17.7 Å². The van der Waals surface area contributed by atoms with Crippen LogP contribution in [0.4, 0.5) is 0 Å². The summed E-state index contributed by atoms with van der Waals surface area (Å²) >= 11 is 0. The number of methoxy groups -OCH3 is 2. The number of carboxylic acid groups (broad SMARTS) is 2. The van der Waals surface area contributed by atoms with Crippen LogP contribution in [0.1, 0.15) is 15.9 Å². The molecule has 0 bridgehead atoms. The SMILES string of the molecule is C=C(/C=C(/OCCOC)C(=C)c1ccc(C(=O)O)cc1OCCOC)C(=O)O. The molecule has 0 heterocycles. The first-order valence-electron chi connectivity index (χ1n) is 8.26. The van der Waals surface area contributed by atoms with Crippen LogP contribution in [-0.4, -0.2) is 62.8 Å². The average molecular weight is 392 g/mol. The van der Waals surface area contributed by atoms with Crippen molar-refractivity contribution in [1.29, 1.82) is 0 Å². The maximum absolute atomic E-state index is 11.3. The molecule has 0 radical (unpaired) electrons. The lowest BCUT2D eigenvalue weighted by Crippen LogP contribution is -2.09. The minimum atomic E-state index is -1.21. The Balaban J connectivity index is 3.29. The molecule has 0 atom stereocenters. The van der Waals surface area contributed by atoms with Crippen LogP contribution < -0.4 is 4.74 Å². The lowest BCUT2D eigenvalue weighted by molar-refractivity contribution is -0.132. The highest BCUT2D eigenvalue weighted by Gasteiger charge is 2.17. The topological polar surface area (TPSA) is 112 Å². The second-order valence-electron chi connectivity index (χ2n) is 5.52. The lowest BCUT2D eigenvalue weighted by atomic mass is 10.0. The molecule has 8 nitrogen and oxygen atoms in total. The van der Waals surface area contributed by atoms with Crippen molar-refractivity contribution in [2.75, 3.05) is 40.6 Å². The molecule has 0 aliphatic heterocycles. The van der Waals surface area contributed by atoms with E-state index in [2.05, 4.69) is 13.2 Å². The minimum Gasteiger partial charge on any atom is -0.491 e. The Morgan fingerprint density at radius 3 is 2.25 bits per heavy atom. The fourth-order valence-corrected chi connectivity index (χ4v) is 2.06. The van der Waals surface area contributed by atoms with E-state index in [0.717, 1.165) is 0 Å². The zero-order valence-corrected chi connectivity index (χ0v) is 15.9. The van der Waals surface area contributed by atoms with Crippen molar-refractivity contribution < 1.29 is 38.7 Å². The van der Waals surface area contributed by atoms with Gasteiger partial charge < -0.3 is 29.2 Å². The first kappa shape index (κ1) is 22.9. The van der Waals surface area contributed by atoms with Crippen LogP contribution in [0.15, 0.2) is 48.8 Å². The molecule has 0 saturated carbocycles. The zero-order valence-electron chi connectivity index (χ0n) is 15.9. The Hall–Kier alpha value is -3.10. The van der Waals surface area contributed by atoms with Gasteiger partial charge in [-0.05, 0) is 24.3 Å². The fourth-order valence-electron chi connectivity index (χ4n) is 2.06. The van der Waals surface area contributed by atoms with Gasteiger partial charge in [0.15, 0.2) is 0 Å². The maximum atomic E-state index is 11.3. The fraction of sp³-hybridized carbons (Fsp3) is 0.300. The van der Waals surface area contributed by atoms with E-state index < -0.39 is 11.9 Å². The van der Waals surface area contributed by atoms with Gasteiger partial charge >= 0.3 is 11.9 Å². The van der Waals surface area contributed by atoms with Gasteiger partial charge in [0, 0.05) is 25.4 Å². The summed E-state index contributed by atoms with van der Waals surface area (Å²) in [5.41, 5.74) is 0.591. The number of carboxylic acids is 2. The molecule has 0 amide bonds. The Morgan fingerprint density at radius 1 is 1.04 bits per heavy atom. The third kappa shape index (κ3) is 6.90. The molecule has 28 heavy (non-hydrogen) atoms. The molecule has 8 heteroatoms. The molecule has 0 spiro atoms. The number of allylic oxidation sites excluding steroid dienone is 1. The van der Waals surface area contributed by atoms with Crippen molar-refractivity contribution >= 4 is 17.5 Å². The molecule has 1 rings (SSSR count). The van der Waals surface area contributed by atoms with E-state index in [4.69, 9.17) is 24.1 Å². The molecule has 0 aliphatic carbocycles. The smallest absolute Gasteiger partial charge is 0.335 e. The highest BCUT2D eigenvalue weighted by atomic mass is 16.5. The first-order valence-corrected chi connectivity index (χ1v) is 8.26. The van der Waals surface area contributed by atoms with Crippen molar-refractivity contribution in [1.82, 2.24) is 0 Å². The summed E-state index contributed by atoms with van der Waals surface area (Å²) in [6.45, 7) is 8.33. The second kappa shape index (κ2) is 11.6. The van der Waals surface area contributed by atoms with Crippen LogP contribution in [0.3, 0.4) is 0 Å². The van der Waals surface area contributed by atoms with E-state index in [1.807, 2.05) is 0 Å². The summed E-state index contributed by atoms with van der Waals surface area (Å²) in [4.78, 5) is 22.4. The Bertz CT molecular complexity index is 763. The molecule has 1 aromatic rings. The molecule has 2 N–H and O–H groups in total. The van der Waals surface area contributed by atoms with Crippen LogP contribution in [-0.2, 0) is 19.0 Å². The summed E-state index contributed by atoms with van der Waals surface area (Å²) in [5, 5.41) is 18.3. The van der Waals surface area contributed by atoms with E-state index >= 15 is 0 Å². The van der Waals surface area contributed by atoms with E-state index in [1.54, 1.807) is 0 Å². The molecule has 0 aromatic heterocycles. The maximum Gasteiger partial charge on any atom is 0.335 e. The normalized spacial score (nSPS) is 11.0. The Labute approximate surface area is 163 Å². The molecule has 0 saturated heterocycles. The summed E-state index contributed by atoms with van der Waals surface area (Å²) in [5.74, 6) is -1.91. The molecular formula is C20H24O8. The van der Waals surface area contributed by atoms with Gasteiger partial charge in [0.2, 0.25) is 0 Å². The quantitative estimate of drug-likeness (QED) is 0.228. The number of benzene rings is 1. The number of aromatic carboxylic acids is 1. The number of carbonyl (C=O) groups is 2. The van der Waals surface area contributed by atoms with Gasteiger partial charge in [0.1, 0.15) is 24.7 Å². The van der Waals surface area contributed by atoms with Gasteiger partial charge in [-0.25, -0.2) is 9.59 Å². The number of aliphatic carboxylic acids is 1. The summed E-state index contributed by atoms with van der Waals surface area (Å²) in [7, 11) is 3.02. The van der Waals surface area contributed by atoms with Gasteiger partial charge in [-0.2, -0.15) is 0 Å². The Morgan fingerprint density at radius 2 is 1.68 bits per heavy atom. The predicted molar refractivity (Wildman–Crippen MR) is 102 cm³/mol. The van der Waals surface area contributed by atoms with Crippen LogP contribution in [0, 0.1) is 0 Å². The average Bonchev–Trinajstić information content (AvgIpc) is 2.66. The third-order valence-corrected chi connectivity index (χ3v) is 3.52. The standard InChI is InChI=1S/C20H24O8/c1-13(19(21)22)11-17(27-9-7-25-3)14(2)16-6-5-15(20(23)24)12-18(16)28-10-8-26-4/h5-6,11-12H,1-2,7-10H2,3-4H3,(H,21,22)(H,23,24)/b17-11+. The summed E-state index contributed by atoms with van der Waals surface area (Å²) in [6.07, 6.45) is 1.24. The minimum absolute atomic E-state index is 0.0322. The molecule has 152 valence electrons. The summed E-state index contributed by atoms with van der Waals surface area (Å²) in [6, 6.07) is 4.27. The van der Waals surface area contributed by atoms with Crippen LogP contribution in [0.2, 0.25) is 0 Å². The second-order valence-corrected chi connectivity index (χ2v) is 5.52. The molecule has 0 fully saturated rings. The van der Waals surface area contributed by atoms with E-state index in [-0.39, 0.29) is 42.5 Å². The molecule has 0 unspecified atom stereocenters. The summed E-state index contributed by atoms with van der Waals surface area (Å²) < 4.78 is 21.1. The van der Waals surface area contributed by atoms with E-state index in [9.17, 15) is 14.7 Å². The van der Waals surface area contributed by atoms with E-state index in [1.165, 1.54) is 38.5 Å². The van der Waals surface area contributed by atoms with Crippen LogP contribution >= 0.6 is 0 Å². The Kier molecular flexibility index (Phi) is 9.49. The number of hydrogen-bond donors (Lipinski definition) is 2. The lowest BCUT2D eigenvalue weighted by Gasteiger charge is -2.17. The van der Waals surface area contributed by atoms with Gasteiger partial charge in [-0.3, -0.25) is 0 Å². The van der Waals surface area contributed by atoms with Gasteiger partial charge in [-0.15, -0.1) is 0 Å². The highest BCUT2D eigenvalue weighted by Crippen LogP contribution is 2.32. The van der Waals surface area contributed by atoms with Crippen molar-refractivity contribution in [2.24, 2.45) is 0 Å². The largest absolute Gasteiger partial charge is 0.491 e. The number of hydrogen-bond acceptors (Lipinski definition) is 6. The zero-order chi connectivity index (χ0) is 21.1. The monoisotopic (exact) mass is 392 g/mol. The highest BCUT2D eigenvalue weighted by molar-refractivity contribution is 5.92. The van der Waals surface area contributed by atoms with Crippen LogP contribution in [0.25, 0.3) is 5.57 Å². The first-order chi connectivity index (χ1) is 13.3. The molecule has 1 aromatic carbocycles. The van der Waals surface area contributed by atoms with Crippen LogP contribution in [0.5, 0.6) is 5.75 Å². The van der Waals surface area contributed by atoms with Crippen molar-refractivity contribution in [2.45, 2.75) is 0 Å².